The lowest BCUT2D eigenvalue weighted by molar-refractivity contribution is 0.168. The third kappa shape index (κ3) is 1.31. The summed E-state index contributed by atoms with van der Waals surface area (Å²) in [6, 6.07) is 3.78. The number of benzene rings is 1. The molecule has 3 nitrogen and oxygen atoms in total. The van der Waals surface area contributed by atoms with E-state index in [1.54, 1.807) is 6.07 Å². The minimum atomic E-state index is 0.0582. The highest BCUT2D eigenvalue weighted by Crippen LogP contribution is 2.51. The number of halogens is 1. The van der Waals surface area contributed by atoms with Crippen LogP contribution in [-0.2, 0) is 5.41 Å². The first-order valence-electron chi connectivity index (χ1n) is 5.55. The van der Waals surface area contributed by atoms with Gasteiger partial charge < -0.3 is 15.2 Å². The monoisotopic (exact) mass is 239 g/mol. The van der Waals surface area contributed by atoms with Crippen LogP contribution in [0.2, 0.25) is 5.02 Å². The van der Waals surface area contributed by atoms with Crippen LogP contribution in [0.1, 0.15) is 24.8 Å². The molecule has 1 aromatic rings. The zero-order valence-electron chi connectivity index (χ0n) is 8.96. The van der Waals surface area contributed by atoms with Crippen LogP contribution in [0.3, 0.4) is 0 Å². The molecule has 86 valence electrons. The Balaban J connectivity index is 2.13. The van der Waals surface area contributed by atoms with Gasteiger partial charge >= 0.3 is 0 Å². The summed E-state index contributed by atoms with van der Waals surface area (Å²) in [7, 11) is 0. The van der Waals surface area contributed by atoms with Crippen LogP contribution in [-0.4, -0.2) is 13.3 Å². The van der Waals surface area contributed by atoms with Gasteiger partial charge in [0.25, 0.3) is 0 Å². The normalized spacial score (nSPS) is 20.6. The molecule has 2 N–H and O–H groups in total. The first kappa shape index (κ1) is 10.2. The lowest BCUT2D eigenvalue weighted by atomic mass is 9.64. The molecule has 1 aliphatic carbocycles. The highest BCUT2D eigenvalue weighted by atomic mass is 35.5. The van der Waals surface area contributed by atoms with Gasteiger partial charge in [0.15, 0.2) is 11.5 Å². The third-order valence-corrected chi connectivity index (χ3v) is 3.93. The van der Waals surface area contributed by atoms with E-state index in [1.807, 2.05) is 6.07 Å². The Labute approximate surface area is 99.5 Å². The van der Waals surface area contributed by atoms with Crippen molar-refractivity contribution in [2.24, 2.45) is 5.73 Å². The summed E-state index contributed by atoms with van der Waals surface area (Å²) in [5, 5.41) is 0.693. The summed E-state index contributed by atoms with van der Waals surface area (Å²) in [6.45, 7) is 0.923. The molecule has 0 spiro atoms. The maximum atomic E-state index is 6.10. The Morgan fingerprint density at radius 2 is 2.12 bits per heavy atom. The zero-order chi connectivity index (χ0) is 11.2. The number of fused-ring (bicyclic) bond motifs is 1. The first-order valence-corrected chi connectivity index (χ1v) is 5.93. The van der Waals surface area contributed by atoms with Crippen LogP contribution in [0.4, 0.5) is 0 Å². The number of hydrogen-bond donors (Lipinski definition) is 1. The van der Waals surface area contributed by atoms with Crippen molar-refractivity contribution in [2.75, 3.05) is 13.3 Å². The maximum Gasteiger partial charge on any atom is 0.231 e. The molecule has 1 fully saturated rings. The molecule has 1 aliphatic heterocycles. The SMILES string of the molecule is NCC1(c2cc(Cl)cc3c2OCO3)CCC1. The van der Waals surface area contributed by atoms with Gasteiger partial charge in [0.05, 0.1) is 0 Å². The van der Waals surface area contributed by atoms with Crippen LogP contribution in [0.5, 0.6) is 11.5 Å². The molecular formula is C12H14ClNO2. The fourth-order valence-electron chi connectivity index (χ4n) is 2.56. The van der Waals surface area contributed by atoms with Gasteiger partial charge in [0.1, 0.15) is 0 Å². The van der Waals surface area contributed by atoms with Gasteiger partial charge in [-0.25, -0.2) is 0 Å². The van der Waals surface area contributed by atoms with Crippen molar-refractivity contribution < 1.29 is 9.47 Å². The Morgan fingerprint density at radius 1 is 1.31 bits per heavy atom. The van der Waals surface area contributed by atoms with E-state index in [0.29, 0.717) is 11.6 Å². The molecule has 0 aromatic heterocycles. The Hall–Kier alpha value is -0.930. The predicted octanol–water partition coefficient (Wildman–Crippen LogP) is 2.45. The highest BCUT2D eigenvalue weighted by Gasteiger charge is 2.41. The molecule has 0 unspecified atom stereocenters. The van der Waals surface area contributed by atoms with Crippen molar-refractivity contribution in [3.63, 3.8) is 0 Å². The van der Waals surface area contributed by atoms with Crippen molar-refractivity contribution in [2.45, 2.75) is 24.7 Å². The standard InChI is InChI=1S/C12H14ClNO2/c13-8-4-9(12(6-14)2-1-3-12)11-10(5-8)15-7-16-11/h4-5H,1-3,6-7,14H2. The van der Waals surface area contributed by atoms with Gasteiger partial charge in [-0.15, -0.1) is 0 Å². The molecule has 16 heavy (non-hydrogen) atoms. The average molecular weight is 240 g/mol. The Bertz CT molecular complexity index is 424. The van der Waals surface area contributed by atoms with Gasteiger partial charge in [-0.05, 0) is 18.9 Å². The summed E-state index contributed by atoms with van der Waals surface area (Å²) in [4.78, 5) is 0. The van der Waals surface area contributed by atoms with E-state index in [9.17, 15) is 0 Å². The fourth-order valence-corrected chi connectivity index (χ4v) is 2.77. The molecule has 1 aromatic carbocycles. The largest absolute Gasteiger partial charge is 0.454 e. The van der Waals surface area contributed by atoms with E-state index in [2.05, 4.69) is 0 Å². The van der Waals surface area contributed by atoms with Crippen LogP contribution in [0, 0.1) is 0 Å². The molecule has 1 saturated carbocycles. The van der Waals surface area contributed by atoms with Crippen LogP contribution < -0.4 is 15.2 Å². The number of hydrogen-bond acceptors (Lipinski definition) is 3. The molecular weight excluding hydrogens is 226 g/mol. The summed E-state index contributed by atoms with van der Waals surface area (Å²) >= 11 is 6.10. The second kappa shape index (κ2) is 3.54. The van der Waals surface area contributed by atoms with E-state index in [-0.39, 0.29) is 12.2 Å². The van der Waals surface area contributed by atoms with Gasteiger partial charge in [0.2, 0.25) is 6.79 Å². The summed E-state index contributed by atoms with van der Waals surface area (Å²) in [6.07, 6.45) is 3.44. The molecule has 4 heteroatoms. The Morgan fingerprint density at radius 3 is 2.75 bits per heavy atom. The van der Waals surface area contributed by atoms with E-state index >= 15 is 0 Å². The van der Waals surface area contributed by atoms with Crippen LogP contribution >= 0.6 is 11.6 Å². The highest BCUT2D eigenvalue weighted by molar-refractivity contribution is 6.30. The second-order valence-corrected chi connectivity index (χ2v) is 4.96. The lowest BCUT2D eigenvalue weighted by Crippen LogP contribution is -2.41. The summed E-state index contributed by atoms with van der Waals surface area (Å²) in [5.74, 6) is 1.59. The quantitative estimate of drug-likeness (QED) is 0.862. The molecule has 0 atom stereocenters. The number of rotatable bonds is 2. The molecule has 0 bridgehead atoms. The van der Waals surface area contributed by atoms with E-state index in [0.717, 1.165) is 29.9 Å². The summed E-state index contributed by atoms with van der Waals surface area (Å²) < 4.78 is 10.9. The fraction of sp³-hybridized carbons (Fsp3) is 0.500. The predicted molar refractivity (Wildman–Crippen MR) is 62.2 cm³/mol. The van der Waals surface area contributed by atoms with Crippen molar-refractivity contribution in [1.82, 2.24) is 0 Å². The van der Waals surface area contributed by atoms with Gasteiger partial charge in [-0.1, -0.05) is 18.0 Å². The van der Waals surface area contributed by atoms with E-state index in [4.69, 9.17) is 26.8 Å². The van der Waals surface area contributed by atoms with Crippen molar-refractivity contribution in [1.29, 1.82) is 0 Å². The zero-order valence-corrected chi connectivity index (χ0v) is 9.72. The van der Waals surface area contributed by atoms with Crippen LogP contribution in [0.25, 0.3) is 0 Å². The Kier molecular flexibility index (Phi) is 2.26. The number of nitrogens with two attached hydrogens (primary N) is 1. The van der Waals surface area contributed by atoms with Gasteiger partial charge in [-0.2, -0.15) is 0 Å². The van der Waals surface area contributed by atoms with Crippen molar-refractivity contribution >= 4 is 11.6 Å². The average Bonchev–Trinajstić information content (AvgIpc) is 2.64. The van der Waals surface area contributed by atoms with Crippen molar-refractivity contribution in [3.8, 4) is 11.5 Å². The third-order valence-electron chi connectivity index (χ3n) is 3.71. The molecule has 1 heterocycles. The topological polar surface area (TPSA) is 44.5 Å². The van der Waals surface area contributed by atoms with E-state index in [1.165, 1.54) is 6.42 Å². The molecule has 0 amide bonds. The van der Waals surface area contributed by atoms with Gasteiger partial charge in [0, 0.05) is 28.6 Å². The maximum absolute atomic E-state index is 6.10. The van der Waals surface area contributed by atoms with Crippen molar-refractivity contribution in [3.05, 3.63) is 22.7 Å². The molecule has 3 rings (SSSR count). The molecule has 2 aliphatic rings. The lowest BCUT2D eigenvalue weighted by Gasteiger charge is -2.41. The summed E-state index contributed by atoms with van der Waals surface area (Å²) in [5.41, 5.74) is 7.09. The molecule has 0 saturated heterocycles. The first-order chi connectivity index (χ1) is 7.75. The smallest absolute Gasteiger partial charge is 0.231 e. The minimum absolute atomic E-state index is 0.0582. The number of ether oxygens (including phenoxy) is 2. The molecule has 0 radical (unpaired) electrons. The minimum Gasteiger partial charge on any atom is -0.454 e. The second-order valence-electron chi connectivity index (χ2n) is 4.53. The van der Waals surface area contributed by atoms with E-state index < -0.39 is 0 Å². The van der Waals surface area contributed by atoms with Crippen LogP contribution in [0.15, 0.2) is 12.1 Å². The van der Waals surface area contributed by atoms with Gasteiger partial charge in [-0.3, -0.25) is 0 Å².